The molecule has 0 saturated carbocycles. The van der Waals surface area contributed by atoms with Crippen LogP contribution in [0.4, 0.5) is 0 Å². The zero-order chi connectivity index (χ0) is 26.5. The maximum Gasteiger partial charge on any atom is 0.236 e. The quantitative estimate of drug-likeness (QED) is 0.398. The second-order valence-electron chi connectivity index (χ2n) is 10.5. The Balaban J connectivity index is 1.83. The molecule has 1 aliphatic rings. The van der Waals surface area contributed by atoms with Crippen LogP contribution in [0.5, 0.6) is 0 Å². The van der Waals surface area contributed by atoms with Crippen molar-refractivity contribution in [3.63, 3.8) is 0 Å². The van der Waals surface area contributed by atoms with Crippen molar-refractivity contribution in [2.24, 2.45) is 11.8 Å². The summed E-state index contributed by atoms with van der Waals surface area (Å²) in [6.45, 7) is 5.30. The van der Waals surface area contributed by atoms with E-state index in [-0.39, 0.29) is 29.9 Å². The summed E-state index contributed by atoms with van der Waals surface area (Å²) < 4.78 is 0. The lowest BCUT2D eigenvalue weighted by atomic mass is 9.68. The van der Waals surface area contributed by atoms with Gasteiger partial charge in [0, 0.05) is 56.1 Å². The van der Waals surface area contributed by atoms with E-state index in [1.807, 2.05) is 77.7 Å². The Labute approximate surface area is 220 Å². The third kappa shape index (κ3) is 6.05. The number of hydrogen-bond acceptors (Lipinski definition) is 4. The average molecular weight is 497 g/mol. The van der Waals surface area contributed by atoms with Crippen LogP contribution in [-0.4, -0.2) is 61.0 Å². The highest BCUT2D eigenvalue weighted by Gasteiger charge is 2.45. The fraction of sp³-hybridized carbons (Fsp3) is 0.344. The van der Waals surface area contributed by atoms with Crippen molar-refractivity contribution in [1.82, 2.24) is 9.80 Å². The Hall–Kier alpha value is -3.57. The largest absolute Gasteiger partial charge is 0.348 e. The topological polar surface area (TPSA) is 57.7 Å². The lowest BCUT2D eigenvalue weighted by molar-refractivity contribution is -0.130. The van der Waals surface area contributed by atoms with Gasteiger partial charge in [0.05, 0.1) is 6.54 Å². The van der Waals surface area contributed by atoms with Gasteiger partial charge < -0.3 is 4.90 Å². The monoisotopic (exact) mass is 496 g/mol. The molecule has 5 heteroatoms. The van der Waals surface area contributed by atoms with Crippen molar-refractivity contribution in [1.29, 1.82) is 0 Å². The highest BCUT2D eigenvalue weighted by atomic mass is 16.2. The predicted molar refractivity (Wildman–Crippen MR) is 147 cm³/mol. The van der Waals surface area contributed by atoms with E-state index in [2.05, 4.69) is 26.0 Å². The second kappa shape index (κ2) is 11.7. The molecule has 1 amide bonds. The zero-order valence-electron chi connectivity index (χ0n) is 22.1. The number of benzene rings is 3. The molecule has 1 saturated heterocycles. The van der Waals surface area contributed by atoms with Crippen LogP contribution in [0.25, 0.3) is 0 Å². The van der Waals surface area contributed by atoms with Gasteiger partial charge in [-0.25, -0.2) is 0 Å². The first-order valence-corrected chi connectivity index (χ1v) is 13.0. The minimum Gasteiger partial charge on any atom is -0.348 e. The first-order valence-electron chi connectivity index (χ1n) is 13.0. The summed E-state index contributed by atoms with van der Waals surface area (Å²) in [5.41, 5.74) is 3.45. The molecule has 0 N–H and O–H groups in total. The molecule has 3 aromatic rings. The van der Waals surface area contributed by atoms with Gasteiger partial charge in [0.1, 0.15) is 0 Å². The van der Waals surface area contributed by atoms with Gasteiger partial charge in [-0.1, -0.05) is 98.8 Å². The summed E-state index contributed by atoms with van der Waals surface area (Å²) in [7, 11) is 3.46. The minimum atomic E-state index is -0.466. The SMILES string of the molecule is CC(C)c1cccc(C2[C@@H](C(=O)c3ccccc3)CN(CC(=O)N(C)C)C[C@H]2C(=O)c2ccccc2)c1. The Morgan fingerprint density at radius 1 is 0.784 bits per heavy atom. The number of likely N-dealkylation sites (tertiary alicyclic amines) is 1. The number of nitrogens with zero attached hydrogens (tertiary/aromatic N) is 2. The third-order valence-corrected chi connectivity index (χ3v) is 7.39. The average Bonchev–Trinajstić information content (AvgIpc) is 2.92. The van der Waals surface area contributed by atoms with E-state index in [1.54, 1.807) is 19.0 Å². The van der Waals surface area contributed by atoms with Crippen molar-refractivity contribution in [2.45, 2.75) is 25.7 Å². The zero-order valence-corrected chi connectivity index (χ0v) is 22.1. The van der Waals surface area contributed by atoms with Crippen molar-refractivity contribution in [3.05, 3.63) is 107 Å². The van der Waals surface area contributed by atoms with Crippen molar-refractivity contribution in [2.75, 3.05) is 33.7 Å². The summed E-state index contributed by atoms with van der Waals surface area (Å²) in [6, 6.07) is 26.9. The first-order chi connectivity index (χ1) is 17.8. The number of Topliss-reactive ketones (excluding diaryl/α,β-unsaturated/α-hetero) is 2. The molecule has 0 spiro atoms. The maximum absolute atomic E-state index is 14.0. The first kappa shape index (κ1) is 26.5. The van der Waals surface area contributed by atoms with Crippen LogP contribution in [0, 0.1) is 11.8 Å². The summed E-state index contributed by atoms with van der Waals surface area (Å²) in [5.74, 6) is -0.939. The summed E-state index contributed by atoms with van der Waals surface area (Å²) in [5, 5.41) is 0. The van der Waals surface area contributed by atoms with Gasteiger partial charge in [0.15, 0.2) is 11.6 Å². The highest BCUT2D eigenvalue weighted by molar-refractivity contribution is 6.02. The molecule has 1 fully saturated rings. The molecule has 1 aliphatic heterocycles. The normalized spacial score (nSPS) is 20.0. The molecule has 5 nitrogen and oxygen atoms in total. The van der Waals surface area contributed by atoms with Crippen LogP contribution in [0.3, 0.4) is 0 Å². The molecule has 3 aromatic carbocycles. The Bertz CT molecular complexity index is 1180. The molecule has 0 aromatic heterocycles. The van der Waals surface area contributed by atoms with Crippen LogP contribution in [0.2, 0.25) is 0 Å². The van der Waals surface area contributed by atoms with E-state index in [1.165, 1.54) is 5.56 Å². The van der Waals surface area contributed by atoms with Gasteiger partial charge in [-0.05, 0) is 17.0 Å². The molecule has 37 heavy (non-hydrogen) atoms. The van der Waals surface area contributed by atoms with E-state index in [0.717, 1.165) is 5.56 Å². The molecule has 0 aliphatic carbocycles. The fourth-order valence-corrected chi connectivity index (χ4v) is 5.32. The molecule has 3 atom stereocenters. The van der Waals surface area contributed by atoms with E-state index in [9.17, 15) is 14.4 Å². The second-order valence-corrected chi connectivity index (χ2v) is 10.5. The van der Waals surface area contributed by atoms with Crippen LogP contribution in [0.15, 0.2) is 84.9 Å². The van der Waals surface area contributed by atoms with Gasteiger partial charge in [-0.2, -0.15) is 0 Å². The minimum absolute atomic E-state index is 0.00779. The van der Waals surface area contributed by atoms with E-state index in [0.29, 0.717) is 30.1 Å². The Morgan fingerprint density at radius 2 is 1.30 bits per heavy atom. The number of ketones is 2. The summed E-state index contributed by atoms with van der Waals surface area (Å²) >= 11 is 0. The van der Waals surface area contributed by atoms with Gasteiger partial charge in [0.2, 0.25) is 5.91 Å². The summed E-state index contributed by atoms with van der Waals surface area (Å²) in [4.78, 5) is 44.3. The molecule has 192 valence electrons. The predicted octanol–water partition coefficient (Wildman–Crippen LogP) is 5.30. The number of likely N-dealkylation sites (N-methyl/N-ethyl adjacent to an activating group) is 1. The number of carbonyl (C=O) groups is 3. The molecule has 1 heterocycles. The molecule has 4 rings (SSSR count). The maximum atomic E-state index is 14.0. The van der Waals surface area contributed by atoms with Crippen LogP contribution < -0.4 is 0 Å². The third-order valence-electron chi connectivity index (χ3n) is 7.39. The van der Waals surface area contributed by atoms with Crippen molar-refractivity contribution < 1.29 is 14.4 Å². The number of carbonyl (C=O) groups excluding carboxylic acids is 3. The van der Waals surface area contributed by atoms with E-state index >= 15 is 0 Å². The van der Waals surface area contributed by atoms with Gasteiger partial charge in [-0.15, -0.1) is 0 Å². The van der Waals surface area contributed by atoms with Crippen molar-refractivity contribution in [3.8, 4) is 0 Å². The number of hydrogen-bond donors (Lipinski definition) is 0. The standard InChI is InChI=1S/C32H36N2O3/c1-22(2)25-16-11-17-26(18-25)30-27(31(36)23-12-7-5-8-13-23)19-34(21-29(35)33(3)4)20-28(30)32(37)24-14-9-6-10-15-24/h5-18,22,27-28,30H,19-21H2,1-4H3/t27-,28+,30?. The molecule has 0 radical (unpaired) electrons. The van der Waals surface area contributed by atoms with Crippen LogP contribution >= 0.6 is 0 Å². The molecule has 0 bridgehead atoms. The van der Waals surface area contributed by atoms with Crippen LogP contribution in [-0.2, 0) is 4.79 Å². The number of amides is 1. The van der Waals surface area contributed by atoms with Gasteiger partial charge in [-0.3, -0.25) is 19.3 Å². The summed E-state index contributed by atoms with van der Waals surface area (Å²) in [6.07, 6.45) is 0. The van der Waals surface area contributed by atoms with Crippen LogP contribution in [0.1, 0.15) is 57.5 Å². The lowest BCUT2D eigenvalue weighted by Gasteiger charge is -2.43. The van der Waals surface area contributed by atoms with E-state index < -0.39 is 11.8 Å². The van der Waals surface area contributed by atoms with E-state index in [4.69, 9.17) is 0 Å². The van der Waals surface area contributed by atoms with Gasteiger partial charge in [0.25, 0.3) is 0 Å². The lowest BCUT2D eigenvalue weighted by Crippen LogP contribution is -2.52. The Morgan fingerprint density at radius 3 is 1.76 bits per heavy atom. The number of piperidine rings is 1. The molecular formula is C32H36N2O3. The molecule has 1 unspecified atom stereocenters. The smallest absolute Gasteiger partial charge is 0.236 e. The van der Waals surface area contributed by atoms with Crippen molar-refractivity contribution >= 4 is 17.5 Å². The fourth-order valence-electron chi connectivity index (χ4n) is 5.32. The highest BCUT2D eigenvalue weighted by Crippen LogP contribution is 2.41. The molecular weight excluding hydrogens is 460 g/mol. The van der Waals surface area contributed by atoms with Gasteiger partial charge >= 0.3 is 0 Å². The number of rotatable bonds is 8. The Kier molecular flexibility index (Phi) is 8.34.